The van der Waals surface area contributed by atoms with Gasteiger partial charge in [0, 0.05) is 10.9 Å². The molecule has 5 rings (SSSR count). The normalized spacial score (nSPS) is 11.3. The molecule has 0 unspecified atom stereocenters. The molecule has 0 aliphatic heterocycles. The second kappa shape index (κ2) is 8.58. The van der Waals surface area contributed by atoms with Gasteiger partial charge in [-0.05, 0) is 24.3 Å². The lowest BCUT2D eigenvalue weighted by Gasteiger charge is -2.04. The van der Waals surface area contributed by atoms with Gasteiger partial charge < -0.3 is 18.6 Å². The van der Waals surface area contributed by atoms with E-state index in [1.165, 1.54) is 23.1 Å². The van der Waals surface area contributed by atoms with Crippen LogP contribution in [0.3, 0.4) is 0 Å². The smallest absolute Gasteiger partial charge is 0.277 e. The molecule has 0 spiro atoms. The van der Waals surface area contributed by atoms with Crippen molar-refractivity contribution in [1.82, 2.24) is 20.2 Å². The molecule has 0 amide bonds. The Bertz CT molecular complexity index is 1390. The average molecular weight is 473 g/mol. The monoisotopic (exact) mass is 472 g/mol. The number of halogens is 1. The van der Waals surface area contributed by atoms with E-state index in [9.17, 15) is 4.79 Å². The molecule has 0 bridgehead atoms. The van der Waals surface area contributed by atoms with Crippen LogP contribution in [0.25, 0.3) is 21.5 Å². The molecule has 0 fully saturated rings. The Hall–Kier alpha value is -3.08. The lowest BCUT2D eigenvalue weighted by Crippen LogP contribution is -2.10. The van der Waals surface area contributed by atoms with E-state index in [4.69, 9.17) is 25.2 Å². The highest BCUT2D eigenvalue weighted by Gasteiger charge is 2.15. The van der Waals surface area contributed by atoms with Crippen LogP contribution < -0.4 is 10.3 Å². The molecule has 1 N–H and O–H groups in total. The first kappa shape index (κ1) is 19.9. The highest BCUT2D eigenvalue weighted by molar-refractivity contribution is 7.98. The summed E-state index contributed by atoms with van der Waals surface area (Å²) in [7, 11) is 0. The number of thiophene rings is 1. The van der Waals surface area contributed by atoms with Crippen LogP contribution in [-0.2, 0) is 12.4 Å². The number of hydrogen-bond donors (Lipinski definition) is 1. The van der Waals surface area contributed by atoms with E-state index in [-0.39, 0.29) is 12.2 Å². The second-order valence-electron chi connectivity index (χ2n) is 6.29. The molecule has 1 aromatic carbocycles. The number of nitrogens with one attached hydrogen (secondary N) is 1. The van der Waals surface area contributed by atoms with E-state index >= 15 is 0 Å². The van der Waals surface area contributed by atoms with Crippen molar-refractivity contribution in [1.29, 1.82) is 0 Å². The van der Waals surface area contributed by atoms with Gasteiger partial charge in [0.1, 0.15) is 22.2 Å². The highest BCUT2D eigenvalue weighted by Crippen LogP contribution is 2.31. The van der Waals surface area contributed by atoms with Crippen LogP contribution in [0.4, 0.5) is 0 Å². The van der Waals surface area contributed by atoms with E-state index in [1.54, 1.807) is 24.5 Å². The third-order valence-electron chi connectivity index (χ3n) is 4.25. The summed E-state index contributed by atoms with van der Waals surface area (Å²) in [4.78, 5) is 20.6. The number of benzene rings is 1. The van der Waals surface area contributed by atoms with E-state index in [0.717, 1.165) is 5.56 Å². The van der Waals surface area contributed by atoms with Crippen LogP contribution in [0.2, 0.25) is 5.02 Å². The summed E-state index contributed by atoms with van der Waals surface area (Å²) >= 11 is 8.73. The summed E-state index contributed by atoms with van der Waals surface area (Å²) in [6.07, 6.45) is 1.57. The quantitative estimate of drug-likeness (QED) is 0.324. The van der Waals surface area contributed by atoms with Crippen molar-refractivity contribution >= 4 is 44.9 Å². The van der Waals surface area contributed by atoms with Gasteiger partial charge in [0.05, 0.1) is 22.4 Å². The van der Waals surface area contributed by atoms with Crippen LogP contribution in [0.1, 0.15) is 11.7 Å². The first-order chi connectivity index (χ1) is 15.2. The molecule has 4 aromatic heterocycles. The Morgan fingerprint density at radius 2 is 2.10 bits per heavy atom. The van der Waals surface area contributed by atoms with Gasteiger partial charge in [-0.1, -0.05) is 35.5 Å². The van der Waals surface area contributed by atoms with Gasteiger partial charge in [-0.25, -0.2) is 4.98 Å². The van der Waals surface area contributed by atoms with Crippen molar-refractivity contribution in [3.05, 3.63) is 75.1 Å². The fourth-order valence-electron chi connectivity index (χ4n) is 2.86. The predicted octanol–water partition coefficient (Wildman–Crippen LogP) is 5.15. The van der Waals surface area contributed by atoms with E-state index in [1.807, 2.05) is 23.6 Å². The summed E-state index contributed by atoms with van der Waals surface area (Å²) in [6.45, 7) is 0.100. The molecule has 0 atom stereocenters. The molecule has 156 valence electrons. The largest absolute Gasteiger partial charge is 0.482 e. The minimum atomic E-state index is -0.215. The zero-order valence-corrected chi connectivity index (χ0v) is 18.1. The summed E-state index contributed by atoms with van der Waals surface area (Å²) < 4.78 is 16.6. The number of nitrogens with zero attached hydrogens (tertiary/aromatic N) is 3. The summed E-state index contributed by atoms with van der Waals surface area (Å²) in [5.41, 5.74) is 0.519. The lowest BCUT2D eigenvalue weighted by molar-refractivity contribution is 0.252. The van der Waals surface area contributed by atoms with E-state index in [0.29, 0.717) is 49.4 Å². The minimum absolute atomic E-state index is 0.100. The molecule has 4 heterocycles. The number of thioether (sulfide) groups is 1. The fraction of sp³-hybridized carbons (Fsp3) is 0.100. The van der Waals surface area contributed by atoms with Crippen LogP contribution in [0.5, 0.6) is 5.75 Å². The maximum atomic E-state index is 12.6. The Morgan fingerprint density at radius 3 is 2.94 bits per heavy atom. The molecular formula is C20H13ClN4O4S2. The van der Waals surface area contributed by atoms with Crippen LogP contribution in [-0.4, -0.2) is 20.2 Å². The van der Waals surface area contributed by atoms with Gasteiger partial charge in [0.2, 0.25) is 0 Å². The first-order valence-corrected chi connectivity index (χ1v) is 11.3. The Morgan fingerprint density at radius 1 is 1.19 bits per heavy atom. The number of H-pyrrole nitrogens is 1. The molecule has 0 saturated carbocycles. The summed E-state index contributed by atoms with van der Waals surface area (Å²) in [5, 5.41) is 11.2. The van der Waals surface area contributed by atoms with Gasteiger partial charge >= 0.3 is 0 Å². The number of aromatic nitrogens is 4. The predicted molar refractivity (Wildman–Crippen MR) is 118 cm³/mol. The summed E-state index contributed by atoms with van der Waals surface area (Å²) in [5.74, 6) is 2.38. The van der Waals surface area contributed by atoms with E-state index < -0.39 is 0 Å². The number of furan rings is 1. The standard InChI is InChI=1S/C20H13ClN4O4S2/c21-12-4-1-2-5-14(12)28-8-16-24-25-20(29-16)31-10-15-22-18(26)17-11(9-30-19(17)23-15)13-6-3-7-27-13/h1-7,9H,8,10H2,(H,22,23,26). The molecule has 0 radical (unpaired) electrons. The van der Waals surface area contributed by atoms with E-state index in [2.05, 4.69) is 20.2 Å². The molecule has 8 nitrogen and oxygen atoms in total. The zero-order chi connectivity index (χ0) is 21.2. The van der Waals surface area contributed by atoms with Crippen molar-refractivity contribution < 1.29 is 13.6 Å². The zero-order valence-electron chi connectivity index (χ0n) is 15.7. The summed E-state index contributed by atoms with van der Waals surface area (Å²) in [6, 6.07) is 10.7. The van der Waals surface area contributed by atoms with Gasteiger partial charge in [0.25, 0.3) is 16.7 Å². The number of ether oxygens (including phenoxy) is 1. The van der Waals surface area contributed by atoms with Crippen molar-refractivity contribution in [2.75, 3.05) is 0 Å². The molecule has 11 heteroatoms. The molecule has 0 aliphatic carbocycles. The van der Waals surface area contributed by atoms with Crippen molar-refractivity contribution in [3.8, 4) is 17.1 Å². The highest BCUT2D eigenvalue weighted by atomic mass is 35.5. The van der Waals surface area contributed by atoms with Gasteiger partial charge in [-0.3, -0.25) is 4.79 Å². The van der Waals surface area contributed by atoms with Crippen LogP contribution in [0, 0.1) is 0 Å². The maximum absolute atomic E-state index is 12.6. The third-order valence-corrected chi connectivity index (χ3v) is 6.26. The fourth-order valence-corrected chi connectivity index (χ4v) is 4.65. The topological polar surface area (TPSA) is 107 Å². The Labute approximate surface area is 188 Å². The van der Waals surface area contributed by atoms with Crippen molar-refractivity contribution in [2.45, 2.75) is 17.6 Å². The van der Waals surface area contributed by atoms with Crippen LogP contribution in [0.15, 0.2) is 66.9 Å². The number of aromatic amines is 1. The number of para-hydroxylation sites is 1. The Kier molecular flexibility index (Phi) is 5.49. The molecule has 5 aromatic rings. The van der Waals surface area contributed by atoms with Crippen molar-refractivity contribution in [2.24, 2.45) is 0 Å². The maximum Gasteiger partial charge on any atom is 0.277 e. The molecule has 31 heavy (non-hydrogen) atoms. The van der Waals surface area contributed by atoms with Gasteiger partial charge in [-0.15, -0.1) is 21.5 Å². The average Bonchev–Trinajstić information content (AvgIpc) is 3.52. The van der Waals surface area contributed by atoms with Gasteiger partial charge in [-0.2, -0.15) is 0 Å². The first-order valence-electron chi connectivity index (χ1n) is 9.04. The number of rotatable bonds is 7. The number of hydrogen-bond acceptors (Lipinski definition) is 9. The number of fused-ring (bicyclic) bond motifs is 1. The van der Waals surface area contributed by atoms with Gasteiger partial charge in [0.15, 0.2) is 6.61 Å². The minimum Gasteiger partial charge on any atom is -0.482 e. The van der Waals surface area contributed by atoms with Crippen LogP contribution >= 0.6 is 34.7 Å². The molecular weight excluding hydrogens is 460 g/mol. The molecule has 0 aliphatic rings. The Balaban J connectivity index is 1.26. The second-order valence-corrected chi connectivity index (χ2v) is 8.48. The third kappa shape index (κ3) is 4.22. The lowest BCUT2D eigenvalue weighted by atomic mass is 10.2. The SMILES string of the molecule is O=c1[nH]c(CSc2nnc(COc3ccccc3Cl)o2)nc2scc(-c3ccco3)c12. The molecule has 0 saturated heterocycles. The van der Waals surface area contributed by atoms with Crippen molar-refractivity contribution in [3.63, 3.8) is 0 Å².